The Morgan fingerprint density at radius 1 is 1.35 bits per heavy atom. The largest absolute Gasteiger partial charge is 0.383 e. The van der Waals surface area contributed by atoms with Gasteiger partial charge in [-0.15, -0.1) is 11.3 Å². The van der Waals surface area contributed by atoms with Crippen LogP contribution >= 0.6 is 11.3 Å². The van der Waals surface area contributed by atoms with E-state index in [4.69, 9.17) is 10.7 Å². The molecule has 0 spiro atoms. The fourth-order valence-corrected chi connectivity index (χ4v) is 3.42. The maximum atomic E-state index is 6.06. The highest BCUT2D eigenvalue weighted by Crippen LogP contribution is 2.30. The number of aromatic nitrogens is 2. The van der Waals surface area contributed by atoms with Crippen LogP contribution < -0.4 is 10.6 Å². The molecule has 0 atom stereocenters. The summed E-state index contributed by atoms with van der Waals surface area (Å²) in [6.07, 6.45) is 1.09. The van der Waals surface area contributed by atoms with Gasteiger partial charge >= 0.3 is 0 Å². The molecule has 1 aliphatic rings. The predicted octanol–water partition coefficient (Wildman–Crippen LogP) is 3.11. The Kier molecular flexibility index (Phi) is 3.38. The summed E-state index contributed by atoms with van der Waals surface area (Å²) in [5.74, 6) is 2.73. The van der Waals surface area contributed by atoms with E-state index in [9.17, 15) is 0 Å². The molecule has 5 heteroatoms. The quantitative estimate of drug-likeness (QED) is 0.922. The third-order valence-corrected chi connectivity index (χ3v) is 4.82. The molecular weight excluding hydrogens is 268 g/mol. The van der Waals surface area contributed by atoms with Gasteiger partial charge in [0.25, 0.3) is 0 Å². The highest BCUT2D eigenvalue weighted by molar-refractivity contribution is 7.10. The summed E-state index contributed by atoms with van der Waals surface area (Å²) in [6.45, 7) is 8.13. The summed E-state index contributed by atoms with van der Waals surface area (Å²) in [4.78, 5) is 13.0. The van der Waals surface area contributed by atoms with Crippen molar-refractivity contribution in [2.24, 2.45) is 0 Å². The first-order chi connectivity index (χ1) is 9.56. The average Bonchev–Trinajstić information content (AvgIpc) is 2.88. The van der Waals surface area contributed by atoms with Crippen LogP contribution in [0.1, 0.15) is 41.6 Å². The molecule has 2 N–H and O–H groups in total. The number of fused-ring (bicyclic) bond motifs is 1. The molecule has 20 heavy (non-hydrogen) atoms. The van der Waals surface area contributed by atoms with Gasteiger partial charge < -0.3 is 10.6 Å². The summed E-state index contributed by atoms with van der Waals surface area (Å²) in [5.41, 5.74) is 8.48. The topological polar surface area (TPSA) is 55.0 Å². The second-order valence-electron chi connectivity index (χ2n) is 5.61. The number of thiophene rings is 1. The molecule has 0 aromatic carbocycles. The van der Waals surface area contributed by atoms with E-state index in [2.05, 4.69) is 35.2 Å². The highest BCUT2D eigenvalue weighted by Gasteiger charge is 2.22. The minimum Gasteiger partial charge on any atom is -0.383 e. The molecule has 2 aromatic rings. The molecule has 0 radical (unpaired) electrons. The van der Waals surface area contributed by atoms with Gasteiger partial charge in [0.1, 0.15) is 17.5 Å². The van der Waals surface area contributed by atoms with E-state index in [1.165, 1.54) is 10.4 Å². The van der Waals surface area contributed by atoms with Gasteiger partial charge in [0.2, 0.25) is 0 Å². The van der Waals surface area contributed by atoms with Gasteiger partial charge in [-0.1, -0.05) is 13.8 Å². The van der Waals surface area contributed by atoms with Gasteiger partial charge in [0, 0.05) is 29.4 Å². The van der Waals surface area contributed by atoms with Crippen LogP contribution in [0.25, 0.3) is 0 Å². The summed E-state index contributed by atoms with van der Waals surface area (Å²) < 4.78 is 0. The number of rotatable bonds is 2. The zero-order valence-corrected chi connectivity index (χ0v) is 13.0. The molecule has 3 rings (SSSR count). The summed E-state index contributed by atoms with van der Waals surface area (Å²) >= 11 is 1.85. The first kappa shape index (κ1) is 13.4. The predicted molar refractivity (Wildman–Crippen MR) is 84.3 cm³/mol. The van der Waals surface area contributed by atoms with E-state index >= 15 is 0 Å². The molecule has 1 aliphatic heterocycles. The zero-order chi connectivity index (χ0) is 14.3. The highest BCUT2D eigenvalue weighted by atomic mass is 32.1. The second kappa shape index (κ2) is 5.05. The minimum atomic E-state index is 0.290. The fraction of sp³-hybridized carbons (Fsp3) is 0.467. The second-order valence-corrected chi connectivity index (χ2v) is 6.61. The van der Waals surface area contributed by atoms with E-state index in [1.54, 1.807) is 0 Å². The van der Waals surface area contributed by atoms with Crippen LogP contribution in [0, 0.1) is 6.92 Å². The van der Waals surface area contributed by atoms with Gasteiger partial charge in [0.15, 0.2) is 0 Å². The smallest absolute Gasteiger partial charge is 0.137 e. The summed E-state index contributed by atoms with van der Waals surface area (Å²) in [6, 6.07) is 2.22. The Bertz CT molecular complexity index is 633. The Labute approximate surface area is 123 Å². The van der Waals surface area contributed by atoms with Crippen LogP contribution in [-0.4, -0.2) is 16.5 Å². The zero-order valence-electron chi connectivity index (χ0n) is 12.2. The van der Waals surface area contributed by atoms with E-state index in [0.29, 0.717) is 5.82 Å². The first-order valence-electron chi connectivity index (χ1n) is 7.00. The molecule has 4 nitrogen and oxygen atoms in total. The molecule has 0 fully saturated rings. The molecule has 0 amide bonds. The number of nitrogen functional groups attached to an aromatic ring is 1. The maximum absolute atomic E-state index is 6.06. The monoisotopic (exact) mass is 288 g/mol. The summed E-state index contributed by atoms with van der Waals surface area (Å²) in [7, 11) is 0. The van der Waals surface area contributed by atoms with Crippen LogP contribution in [0.15, 0.2) is 11.4 Å². The van der Waals surface area contributed by atoms with Crippen molar-refractivity contribution in [2.75, 3.05) is 17.2 Å². The van der Waals surface area contributed by atoms with Crippen molar-refractivity contribution in [1.29, 1.82) is 0 Å². The molecular formula is C15H20N4S. The van der Waals surface area contributed by atoms with Gasteiger partial charge in [-0.2, -0.15) is 0 Å². The molecule has 0 aliphatic carbocycles. The van der Waals surface area contributed by atoms with Gasteiger partial charge in [0.05, 0.1) is 0 Å². The maximum Gasteiger partial charge on any atom is 0.137 e. The first-order valence-corrected chi connectivity index (χ1v) is 7.88. The molecule has 0 unspecified atom stereocenters. The molecule has 3 heterocycles. The van der Waals surface area contributed by atoms with E-state index in [1.807, 2.05) is 18.3 Å². The Balaban J connectivity index is 1.98. The number of hydrogen-bond donors (Lipinski definition) is 1. The van der Waals surface area contributed by atoms with Crippen LogP contribution in [0.2, 0.25) is 0 Å². The van der Waals surface area contributed by atoms with E-state index in [0.717, 1.165) is 36.7 Å². The van der Waals surface area contributed by atoms with Crippen molar-refractivity contribution >= 4 is 23.0 Å². The number of hydrogen-bond acceptors (Lipinski definition) is 5. The van der Waals surface area contributed by atoms with Crippen LogP contribution in [0.3, 0.4) is 0 Å². The van der Waals surface area contributed by atoms with Gasteiger partial charge in [-0.3, -0.25) is 0 Å². The van der Waals surface area contributed by atoms with Crippen molar-refractivity contribution in [3.63, 3.8) is 0 Å². The Hall–Kier alpha value is -1.62. The van der Waals surface area contributed by atoms with E-state index < -0.39 is 0 Å². The van der Waals surface area contributed by atoms with Crippen LogP contribution in [0.5, 0.6) is 0 Å². The SMILES string of the molecule is Cc1c(N)nc(C(C)C)nc1N1CCc2sccc2C1. The van der Waals surface area contributed by atoms with Crippen molar-refractivity contribution in [2.45, 2.75) is 39.7 Å². The minimum absolute atomic E-state index is 0.290. The number of nitrogens with two attached hydrogens (primary N) is 1. The van der Waals surface area contributed by atoms with Gasteiger partial charge in [-0.05, 0) is 30.4 Å². The van der Waals surface area contributed by atoms with Crippen molar-refractivity contribution < 1.29 is 0 Å². The Morgan fingerprint density at radius 3 is 2.90 bits per heavy atom. The molecule has 2 aromatic heterocycles. The fourth-order valence-electron chi connectivity index (χ4n) is 2.53. The molecule has 0 saturated heterocycles. The Morgan fingerprint density at radius 2 is 2.15 bits per heavy atom. The number of nitrogens with zero attached hydrogens (tertiary/aromatic N) is 3. The molecule has 106 valence electrons. The van der Waals surface area contributed by atoms with Crippen molar-refractivity contribution in [3.8, 4) is 0 Å². The van der Waals surface area contributed by atoms with Crippen LogP contribution in [0.4, 0.5) is 11.6 Å². The lowest BCUT2D eigenvalue weighted by Crippen LogP contribution is -2.31. The van der Waals surface area contributed by atoms with Gasteiger partial charge in [-0.25, -0.2) is 9.97 Å². The lowest BCUT2D eigenvalue weighted by Gasteiger charge is -2.30. The standard InChI is InChI=1S/C15H20N4S/c1-9(2)14-17-13(16)10(3)15(18-14)19-6-4-12-11(8-19)5-7-20-12/h5,7,9H,4,6,8H2,1-3H3,(H2,16,17,18). The van der Waals surface area contributed by atoms with E-state index in [-0.39, 0.29) is 5.92 Å². The third kappa shape index (κ3) is 2.26. The molecule has 0 saturated carbocycles. The third-order valence-electron chi connectivity index (χ3n) is 3.80. The average molecular weight is 288 g/mol. The molecule has 0 bridgehead atoms. The lowest BCUT2D eigenvalue weighted by molar-refractivity contribution is 0.708. The lowest BCUT2D eigenvalue weighted by atomic mass is 10.1. The number of anilines is 2. The van der Waals surface area contributed by atoms with Crippen LogP contribution in [-0.2, 0) is 13.0 Å². The van der Waals surface area contributed by atoms with Crippen molar-refractivity contribution in [3.05, 3.63) is 33.3 Å². The normalized spacial score (nSPS) is 14.7. The van der Waals surface area contributed by atoms with Crippen molar-refractivity contribution in [1.82, 2.24) is 9.97 Å². The summed E-state index contributed by atoms with van der Waals surface area (Å²) in [5, 5.41) is 2.18.